The van der Waals surface area contributed by atoms with Gasteiger partial charge in [0.15, 0.2) is 28.8 Å². The van der Waals surface area contributed by atoms with Crippen molar-refractivity contribution in [2.45, 2.75) is 19.5 Å². The van der Waals surface area contributed by atoms with Gasteiger partial charge in [-0.05, 0) is 30.7 Å². The molecule has 1 aliphatic carbocycles. The normalized spacial score (nSPS) is 13.3. The highest BCUT2D eigenvalue weighted by atomic mass is 16.7. The van der Waals surface area contributed by atoms with Gasteiger partial charge in [-0.1, -0.05) is 0 Å². The zero-order valence-corrected chi connectivity index (χ0v) is 18.7. The molecule has 2 aliphatic rings. The minimum Gasteiger partial charge on any atom is -0.493 e. The van der Waals surface area contributed by atoms with Crippen molar-refractivity contribution in [2.75, 3.05) is 21.0 Å². The van der Waals surface area contributed by atoms with E-state index in [4.69, 9.17) is 18.9 Å². The molecule has 0 saturated carbocycles. The van der Waals surface area contributed by atoms with Crippen molar-refractivity contribution in [1.82, 2.24) is 14.1 Å². The fourth-order valence-corrected chi connectivity index (χ4v) is 4.79. The van der Waals surface area contributed by atoms with Gasteiger partial charge >= 0.3 is 0 Å². The third-order valence-corrected chi connectivity index (χ3v) is 6.37. The van der Waals surface area contributed by atoms with Crippen LogP contribution in [0.25, 0.3) is 22.0 Å². The van der Waals surface area contributed by atoms with Crippen molar-refractivity contribution in [1.29, 1.82) is 0 Å². The monoisotopic (exact) mass is 459 g/mol. The van der Waals surface area contributed by atoms with Crippen LogP contribution in [-0.4, -0.2) is 40.9 Å². The molecule has 34 heavy (non-hydrogen) atoms. The van der Waals surface area contributed by atoms with Gasteiger partial charge < -0.3 is 28.1 Å². The fourth-order valence-electron chi connectivity index (χ4n) is 4.79. The first-order valence-corrected chi connectivity index (χ1v) is 10.9. The van der Waals surface area contributed by atoms with E-state index >= 15 is 0 Å². The first-order chi connectivity index (χ1) is 16.6. The molecule has 0 atom stereocenters. The van der Waals surface area contributed by atoms with Gasteiger partial charge in [-0.3, -0.25) is 9.59 Å². The molecule has 0 saturated heterocycles. The molecule has 1 aliphatic heterocycles. The first-order valence-electron chi connectivity index (χ1n) is 10.9. The highest BCUT2D eigenvalue weighted by molar-refractivity contribution is 6.27. The van der Waals surface area contributed by atoms with Gasteiger partial charge in [0.05, 0.1) is 37.2 Å². The van der Waals surface area contributed by atoms with E-state index in [0.29, 0.717) is 75.7 Å². The number of fused-ring (bicyclic) bond motifs is 6. The molecule has 3 heterocycles. The smallest absolute Gasteiger partial charge is 0.259 e. The zero-order chi connectivity index (χ0) is 23.4. The van der Waals surface area contributed by atoms with Gasteiger partial charge in [-0.2, -0.15) is 0 Å². The van der Waals surface area contributed by atoms with E-state index in [9.17, 15) is 9.59 Å². The van der Waals surface area contributed by atoms with Crippen LogP contribution in [0.5, 0.6) is 23.0 Å². The number of aryl methyl sites for hydroxylation is 1. The summed E-state index contributed by atoms with van der Waals surface area (Å²) in [6.45, 7) is 1.21. The molecule has 172 valence electrons. The Morgan fingerprint density at radius 2 is 1.65 bits per heavy atom. The number of imidazole rings is 1. The lowest BCUT2D eigenvalue weighted by molar-refractivity contribution is 0.104. The fraction of sp³-hybridized carbons (Fsp3) is 0.240. The SMILES string of the molecule is COc1cc2c3c(n(CCCn4ccnc4)c(=O)c2cc1OC)-c1cc2c(cc1C3=O)OCO2. The summed E-state index contributed by atoms with van der Waals surface area (Å²) in [4.78, 5) is 31.5. The average Bonchev–Trinajstić information content (AvgIpc) is 3.59. The number of ether oxygens (including phenoxy) is 4. The lowest BCUT2D eigenvalue weighted by atomic mass is 10.0. The topological polar surface area (TPSA) is 93.8 Å². The number of methoxy groups -OCH3 is 2. The number of pyridine rings is 1. The largest absolute Gasteiger partial charge is 0.493 e. The van der Waals surface area contributed by atoms with Gasteiger partial charge in [0.1, 0.15) is 0 Å². The Balaban J connectivity index is 1.59. The number of hydrogen-bond acceptors (Lipinski definition) is 7. The third-order valence-electron chi connectivity index (χ3n) is 6.37. The number of rotatable bonds is 6. The van der Waals surface area contributed by atoms with Crippen LogP contribution in [0, 0.1) is 0 Å². The maximum Gasteiger partial charge on any atom is 0.259 e. The molecular formula is C25H21N3O6. The number of carbonyl (C=O) groups is 1. The first kappa shape index (κ1) is 20.3. The van der Waals surface area contributed by atoms with E-state index in [0.717, 1.165) is 0 Å². The molecule has 0 fully saturated rings. The number of nitrogens with zero attached hydrogens (tertiary/aromatic N) is 3. The van der Waals surface area contributed by atoms with Crippen LogP contribution in [0.2, 0.25) is 0 Å². The second-order valence-electron chi connectivity index (χ2n) is 8.17. The summed E-state index contributed by atoms with van der Waals surface area (Å²) < 4.78 is 25.6. The molecule has 9 heteroatoms. The van der Waals surface area contributed by atoms with Crippen LogP contribution in [0.4, 0.5) is 0 Å². The molecule has 4 aromatic rings. The summed E-state index contributed by atoms with van der Waals surface area (Å²) in [6.07, 6.45) is 6.01. The standard InChI is InChI=1S/C25H21N3O6/c1-31-18-8-14-17(11-19(18)32-2)25(30)28(6-3-5-27-7-4-26-12-27)23-15-9-20-21(34-13-33-20)10-16(15)24(29)22(14)23/h4,7-12H,3,5-6,13H2,1-2H3. The van der Waals surface area contributed by atoms with Crippen molar-refractivity contribution in [3.8, 4) is 34.3 Å². The van der Waals surface area contributed by atoms with E-state index in [-0.39, 0.29) is 18.1 Å². The van der Waals surface area contributed by atoms with Gasteiger partial charge in [-0.25, -0.2) is 4.98 Å². The lowest BCUT2D eigenvalue weighted by Crippen LogP contribution is -2.24. The molecule has 0 spiro atoms. The van der Waals surface area contributed by atoms with Gasteiger partial charge in [0.25, 0.3) is 5.56 Å². The van der Waals surface area contributed by atoms with Gasteiger partial charge in [0.2, 0.25) is 6.79 Å². The predicted molar refractivity (Wildman–Crippen MR) is 123 cm³/mol. The van der Waals surface area contributed by atoms with Crippen LogP contribution >= 0.6 is 0 Å². The Kier molecular flexibility index (Phi) is 4.58. The highest BCUT2D eigenvalue weighted by Crippen LogP contribution is 2.46. The average molecular weight is 459 g/mol. The number of ketones is 1. The molecule has 0 N–H and O–H groups in total. The van der Waals surface area contributed by atoms with Crippen molar-refractivity contribution in [3.05, 3.63) is 64.5 Å². The van der Waals surface area contributed by atoms with E-state index in [1.165, 1.54) is 14.2 Å². The summed E-state index contributed by atoms with van der Waals surface area (Å²) in [7, 11) is 3.04. The van der Waals surface area contributed by atoms with Crippen molar-refractivity contribution in [2.24, 2.45) is 0 Å². The quantitative estimate of drug-likeness (QED) is 0.385. The number of aromatic nitrogens is 3. The maximum atomic E-state index is 13.8. The summed E-state index contributed by atoms with van der Waals surface area (Å²) in [5.74, 6) is 1.80. The molecule has 0 unspecified atom stereocenters. The van der Waals surface area contributed by atoms with E-state index in [2.05, 4.69) is 4.98 Å². The molecule has 6 rings (SSSR count). The Bertz CT molecular complexity index is 1520. The highest BCUT2D eigenvalue weighted by Gasteiger charge is 2.35. The van der Waals surface area contributed by atoms with Crippen LogP contribution in [0.15, 0.2) is 47.8 Å². The third kappa shape index (κ3) is 2.89. The van der Waals surface area contributed by atoms with Crippen molar-refractivity contribution in [3.63, 3.8) is 0 Å². The van der Waals surface area contributed by atoms with Crippen LogP contribution in [-0.2, 0) is 13.1 Å². The maximum absolute atomic E-state index is 13.8. The number of hydrogen-bond donors (Lipinski definition) is 0. The number of benzene rings is 2. The number of carbonyl (C=O) groups excluding carboxylic acids is 1. The van der Waals surface area contributed by atoms with Crippen molar-refractivity contribution < 1.29 is 23.7 Å². The summed E-state index contributed by atoms with van der Waals surface area (Å²) in [5.41, 5.74) is 2.02. The zero-order valence-electron chi connectivity index (χ0n) is 18.7. The van der Waals surface area contributed by atoms with Crippen molar-refractivity contribution >= 4 is 16.6 Å². The summed E-state index contributed by atoms with van der Waals surface area (Å²) >= 11 is 0. The minimum absolute atomic E-state index is 0.103. The molecule has 2 aromatic heterocycles. The molecule has 2 aromatic carbocycles. The Morgan fingerprint density at radius 3 is 2.32 bits per heavy atom. The summed E-state index contributed by atoms with van der Waals surface area (Å²) in [5, 5.41) is 0.937. The van der Waals surface area contributed by atoms with Gasteiger partial charge in [-0.15, -0.1) is 0 Å². The molecule has 0 bridgehead atoms. The molecular weight excluding hydrogens is 438 g/mol. The lowest BCUT2D eigenvalue weighted by Gasteiger charge is -2.17. The molecule has 0 radical (unpaired) electrons. The van der Waals surface area contributed by atoms with E-state index in [1.54, 1.807) is 41.4 Å². The Morgan fingerprint density at radius 1 is 0.941 bits per heavy atom. The Labute approximate surface area is 194 Å². The second kappa shape index (κ2) is 7.65. The van der Waals surface area contributed by atoms with Crippen LogP contribution < -0.4 is 24.5 Å². The van der Waals surface area contributed by atoms with E-state index in [1.807, 2.05) is 10.8 Å². The minimum atomic E-state index is -0.196. The van der Waals surface area contributed by atoms with Crippen LogP contribution in [0.3, 0.4) is 0 Å². The Hall–Kier alpha value is -4.27. The molecule has 9 nitrogen and oxygen atoms in total. The summed E-state index contributed by atoms with van der Waals surface area (Å²) in [6, 6.07) is 6.84. The second-order valence-corrected chi connectivity index (χ2v) is 8.17. The molecule has 0 amide bonds. The van der Waals surface area contributed by atoms with Crippen LogP contribution in [0.1, 0.15) is 22.3 Å². The predicted octanol–water partition coefficient (Wildman–Crippen LogP) is 3.25. The van der Waals surface area contributed by atoms with Gasteiger partial charge in [0, 0.05) is 42.0 Å². The van der Waals surface area contributed by atoms with E-state index < -0.39 is 0 Å².